The van der Waals surface area contributed by atoms with Gasteiger partial charge in [0.2, 0.25) is 0 Å². The van der Waals surface area contributed by atoms with Crippen LogP contribution in [0.25, 0.3) is 22.5 Å². The highest BCUT2D eigenvalue weighted by Crippen LogP contribution is 2.30. The number of rotatable bonds is 9. The molecule has 0 saturated heterocycles. The summed E-state index contributed by atoms with van der Waals surface area (Å²) in [5, 5.41) is 9.51. The van der Waals surface area contributed by atoms with Gasteiger partial charge in [-0.15, -0.1) is 11.3 Å². The number of nitrogens with one attached hydrogen (secondary N) is 1. The molecule has 9 nitrogen and oxygen atoms in total. The van der Waals surface area contributed by atoms with Crippen LogP contribution in [0.4, 0.5) is 5.82 Å². The Morgan fingerprint density at radius 1 is 0.952 bits per heavy atom. The number of carbonyl (C=O) groups is 2. The number of benzene rings is 1. The molecular formula is C30H21ClN6O3S2. The van der Waals surface area contributed by atoms with Crippen molar-refractivity contribution in [2.75, 3.05) is 5.32 Å². The van der Waals surface area contributed by atoms with E-state index in [1.165, 1.54) is 26.8 Å². The van der Waals surface area contributed by atoms with Crippen LogP contribution in [0.1, 0.15) is 25.6 Å². The highest BCUT2D eigenvalue weighted by molar-refractivity contribution is 7.16. The average Bonchev–Trinajstić information content (AvgIpc) is 3.79. The quantitative estimate of drug-likeness (QED) is 0.196. The van der Waals surface area contributed by atoms with Crippen LogP contribution in [0.5, 0.6) is 0 Å². The van der Waals surface area contributed by atoms with Crippen LogP contribution in [0.3, 0.4) is 0 Å². The number of ketones is 1. The summed E-state index contributed by atoms with van der Waals surface area (Å²) in [4.78, 5) is 45.9. The van der Waals surface area contributed by atoms with Crippen molar-refractivity contribution in [3.63, 3.8) is 0 Å². The molecule has 1 N–H and O–H groups in total. The van der Waals surface area contributed by atoms with E-state index in [0.29, 0.717) is 39.1 Å². The largest absolute Gasteiger partial charge is 0.365 e. The molecule has 6 aromatic rings. The number of thiophene rings is 1. The van der Waals surface area contributed by atoms with Crippen LogP contribution in [-0.4, -0.2) is 35.4 Å². The Morgan fingerprint density at radius 2 is 1.79 bits per heavy atom. The predicted molar refractivity (Wildman–Crippen MR) is 164 cm³/mol. The molecule has 5 heterocycles. The van der Waals surface area contributed by atoms with E-state index >= 15 is 0 Å². The van der Waals surface area contributed by atoms with Crippen molar-refractivity contribution >= 4 is 52.0 Å². The van der Waals surface area contributed by atoms with E-state index in [-0.39, 0.29) is 23.6 Å². The molecule has 6 rings (SSSR count). The number of Topliss-reactive ketones (excluding diaryl/α,β-unsaturated/α-hetero) is 1. The number of hydrogen-bond donors (Lipinski definition) is 1. The highest BCUT2D eigenvalue weighted by Gasteiger charge is 2.23. The number of anilines is 1. The molecule has 0 atom stereocenters. The molecule has 0 saturated carbocycles. The molecule has 0 aliphatic rings. The normalized spacial score (nSPS) is 11.0. The van der Waals surface area contributed by atoms with Crippen molar-refractivity contribution in [3.05, 3.63) is 127 Å². The lowest BCUT2D eigenvalue weighted by Crippen LogP contribution is -2.26. The molecular weight excluding hydrogens is 592 g/mol. The molecule has 0 radical (unpaired) electrons. The fourth-order valence-corrected chi connectivity index (χ4v) is 5.93. The van der Waals surface area contributed by atoms with E-state index < -0.39 is 11.5 Å². The second-order valence-corrected chi connectivity index (χ2v) is 11.6. The minimum Gasteiger partial charge on any atom is -0.365 e. The van der Waals surface area contributed by atoms with Crippen LogP contribution in [0.15, 0.2) is 102 Å². The Bertz CT molecular complexity index is 1930. The zero-order chi connectivity index (χ0) is 29.1. The lowest BCUT2D eigenvalue weighted by molar-refractivity contribution is 0.0946. The van der Waals surface area contributed by atoms with Gasteiger partial charge in [-0.05, 0) is 41.9 Å². The Labute approximate surface area is 252 Å². The van der Waals surface area contributed by atoms with Crippen molar-refractivity contribution < 1.29 is 9.59 Å². The highest BCUT2D eigenvalue weighted by atomic mass is 35.5. The predicted octanol–water partition coefficient (Wildman–Crippen LogP) is 6.13. The van der Waals surface area contributed by atoms with E-state index in [1.807, 2.05) is 18.2 Å². The van der Waals surface area contributed by atoms with Crippen LogP contribution in [-0.2, 0) is 13.1 Å². The molecule has 0 amide bonds. The topological polar surface area (TPSA) is 112 Å². The first-order chi connectivity index (χ1) is 20.5. The van der Waals surface area contributed by atoms with E-state index in [9.17, 15) is 14.4 Å². The standard InChI is InChI=1S/C30H21ClN6O3S2/c31-26-10-9-21(42-26)16-33-27-14-24(35-37(27)29(39)20-15-34-41-18-20)28-22(23-8-4-5-12-32-23)11-13-36(30(28)40)17-25(38)19-6-2-1-3-7-19/h1-15,18,33H,16-17H2. The maximum absolute atomic E-state index is 14.0. The Balaban J connectivity index is 1.47. The van der Waals surface area contributed by atoms with Gasteiger partial charge in [0, 0.05) is 39.8 Å². The number of halogens is 1. The monoisotopic (exact) mass is 612 g/mol. The molecule has 208 valence electrons. The Kier molecular flexibility index (Phi) is 7.87. The first-order valence-electron chi connectivity index (χ1n) is 12.7. The third-order valence-electron chi connectivity index (χ3n) is 6.43. The lowest BCUT2D eigenvalue weighted by Gasteiger charge is -2.11. The molecule has 1 aromatic carbocycles. The molecule has 5 aromatic heterocycles. The van der Waals surface area contributed by atoms with Gasteiger partial charge in [-0.25, -0.2) is 4.37 Å². The summed E-state index contributed by atoms with van der Waals surface area (Å²) in [6, 6.07) is 21.3. The van der Waals surface area contributed by atoms with Gasteiger partial charge in [-0.2, -0.15) is 9.78 Å². The average molecular weight is 613 g/mol. The van der Waals surface area contributed by atoms with Crippen LogP contribution in [0, 0.1) is 0 Å². The SMILES string of the molecule is O=C(Cn1ccc(-c2ccccn2)c(-c2cc(NCc3ccc(Cl)s3)n(C(=O)c3cnsc3)n2)c1=O)c1ccccc1. The zero-order valence-electron chi connectivity index (χ0n) is 21.8. The van der Waals surface area contributed by atoms with Crippen molar-refractivity contribution in [2.45, 2.75) is 13.1 Å². The number of hydrogen-bond acceptors (Lipinski definition) is 9. The van der Waals surface area contributed by atoms with Gasteiger partial charge in [0.05, 0.1) is 40.4 Å². The number of aromatic nitrogens is 5. The zero-order valence-corrected chi connectivity index (χ0v) is 24.2. The Morgan fingerprint density at radius 3 is 2.50 bits per heavy atom. The van der Waals surface area contributed by atoms with Crippen molar-refractivity contribution in [1.82, 2.24) is 23.7 Å². The fraction of sp³-hybridized carbons (Fsp3) is 0.0667. The van der Waals surface area contributed by atoms with Gasteiger partial charge in [-0.3, -0.25) is 19.4 Å². The molecule has 0 aliphatic heterocycles. The van der Waals surface area contributed by atoms with E-state index in [4.69, 9.17) is 11.6 Å². The van der Waals surface area contributed by atoms with E-state index in [0.717, 1.165) is 16.4 Å². The van der Waals surface area contributed by atoms with Crippen molar-refractivity contribution in [3.8, 4) is 22.5 Å². The second kappa shape index (κ2) is 12.0. The summed E-state index contributed by atoms with van der Waals surface area (Å²) in [5.74, 6) is -0.235. The third-order valence-corrected chi connectivity index (χ3v) is 8.24. The minimum atomic E-state index is -0.437. The number of nitrogens with zero attached hydrogens (tertiary/aromatic N) is 5. The molecule has 12 heteroatoms. The summed E-state index contributed by atoms with van der Waals surface area (Å²) in [7, 11) is 0. The molecule has 0 fully saturated rings. The molecule has 0 spiro atoms. The summed E-state index contributed by atoms with van der Waals surface area (Å²) in [6.45, 7) is 0.220. The minimum absolute atomic E-state index is 0.164. The first kappa shape index (κ1) is 27.5. The van der Waals surface area contributed by atoms with Crippen molar-refractivity contribution in [1.29, 1.82) is 0 Å². The van der Waals surface area contributed by atoms with Gasteiger partial charge < -0.3 is 9.88 Å². The summed E-state index contributed by atoms with van der Waals surface area (Å²) in [5.41, 5.74) is 1.97. The summed E-state index contributed by atoms with van der Waals surface area (Å²) in [6.07, 6.45) is 4.69. The van der Waals surface area contributed by atoms with Crippen LogP contribution in [0.2, 0.25) is 4.34 Å². The molecule has 0 aliphatic carbocycles. The van der Waals surface area contributed by atoms with Gasteiger partial charge in [0.1, 0.15) is 11.5 Å². The molecule has 0 bridgehead atoms. The summed E-state index contributed by atoms with van der Waals surface area (Å²) < 4.78 is 7.27. The van der Waals surface area contributed by atoms with Gasteiger partial charge in [-0.1, -0.05) is 48.0 Å². The van der Waals surface area contributed by atoms with Crippen LogP contribution >= 0.6 is 34.5 Å². The lowest BCUT2D eigenvalue weighted by atomic mass is 10.0. The maximum Gasteiger partial charge on any atom is 0.282 e. The van der Waals surface area contributed by atoms with E-state index in [2.05, 4.69) is 19.8 Å². The van der Waals surface area contributed by atoms with E-state index in [1.54, 1.807) is 72.4 Å². The number of pyridine rings is 2. The second-order valence-electron chi connectivity index (χ2n) is 9.15. The first-order valence-corrected chi connectivity index (χ1v) is 14.8. The van der Waals surface area contributed by atoms with Crippen LogP contribution < -0.4 is 10.9 Å². The fourth-order valence-electron chi connectivity index (χ4n) is 4.39. The van der Waals surface area contributed by atoms with Gasteiger partial charge >= 0.3 is 0 Å². The summed E-state index contributed by atoms with van der Waals surface area (Å²) >= 11 is 8.68. The number of carbonyl (C=O) groups excluding carboxylic acids is 2. The third kappa shape index (κ3) is 5.70. The van der Waals surface area contributed by atoms with Crippen molar-refractivity contribution in [2.24, 2.45) is 0 Å². The Hall–Kier alpha value is -4.71. The maximum atomic E-state index is 14.0. The molecule has 0 unspecified atom stereocenters. The van der Waals surface area contributed by atoms with Gasteiger partial charge in [0.15, 0.2) is 5.78 Å². The molecule has 42 heavy (non-hydrogen) atoms. The smallest absolute Gasteiger partial charge is 0.282 e. The van der Waals surface area contributed by atoms with Gasteiger partial charge in [0.25, 0.3) is 11.5 Å².